The number of rotatable bonds is 10. The largest absolute Gasteiger partial charge is 0.354 e. The van der Waals surface area contributed by atoms with E-state index in [-0.39, 0.29) is 24.8 Å². The Morgan fingerprint density at radius 1 is 0.912 bits per heavy atom. The van der Waals surface area contributed by atoms with Crippen molar-refractivity contribution in [1.82, 2.24) is 10.2 Å². The Hall–Kier alpha value is -3.11. The van der Waals surface area contributed by atoms with Crippen LogP contribution in [0.1, 0.15) is 41.2 Å². The molecule has 1 unspecified atom stereocenters. The van der Waals surface area contributed by atoms with E-state index in [2.05, 4.69) is 11.4 Å². The molecule has 3 aromatic carbocycles. The van der Waals surface area contributed by atoms with Crippen molar-refractivity contribution in [2.45, 2.75) is 52.6 Å². The smallest absolute Gasteiger partial charge is 0.243 e. The molecule has 0 radical (unpaired) electrons. The van der Waals surface area contributed by atoms with E-state index in [1.54, 1.807) is 4.90 Å². The van der Waals surface area contributed by atoms with Gasteiger partial charge in [0.15, 0.2) is 0 Å². The molecule has 178 valence electrons. The van der Waals surface area contributed by atoms with E-state index in [0.717, 1.165) is 34.2 Å². The quantitative estimate of drug-likeness (QED) is 0.410. The molecule has 0 saturated heterocycles. The molecule has 1 N–H and O–H groups in total. The van der Waals surface area contributed by atoms with Gasteiger partial charge in [-0.15, -0.1) is 0 Å². The molecule has 0 aromatic heterocycles. The summed E-state index contributed by atoms with van der Waals surface area (Å²) in [6, 6.07) is 22.8. The van der Waals surface area contributed by atoms with Crippen LogP contribution in [0.25, 0.3) is 0 Å². The molecule has 5 heteroatoms. The molecule has 0 aliphatic heterocycles. The normalized spacial score (nSPS) is 11.6. The van der Waals surface area contributed by atoms with Crippen LogP contribution in [-0.2, 0) is 29.0 Å². The summed E-state index contributed by atoms with van der Waals surface area (Å²) in [4.78, 5) is 28.8. The maximum atomic E-state index is 13.8. The Balaban J connectivity index is 1.98. The van der Waals surface area contributed by atoms with Gasteiger partial charge >= 0.3 is 0 Å². The van der Waals surface area contributed by atoms with Crippen LogP contribution in [0.4, 0.5) is 0 Å². The Morgan fingerprint density at radius 3 is 2.21 bits per heavy atom. The van der Waals surface area contributed by atoms with Crippen molar-refractivity contribution < 1.29 is 9.59 Å². The first-order valence-electron chi connectivity index (χ1n) is 11.8. The van der Waals surface area contributed by atoms with Gasteiger partial charge in [-0.2, -0.15) is 0 Å². The van der Waals surface area contributed by atoms with Gasteiger partial charge in [-0.25, -0.2) is 0 Å². The van der Waals surface area contributed by atoms with Crippen LogP contribution in [0.5, 0.6) is 0 Å². The maximum absolute atomic E-state index is 13.8. The number of amides is 2. The fraction of sp³-hybridized carbons (Fsp3) is 0.310. The van der Waals surface area contributed by atoms with E-state index in [4.69, 9.17) is 11.6 Å². The molecule has 0 aliphatic rings. The van der Waals surface area contributed by atoms with E-state index in [9.17, 15) is 9.59 Å². The molecule has 0 spiro atoms. The highest BCUT2D eigenvalue weighted by Crippen LogP contribution is 2.22. The Bertz CT molecular complexity index is 1090. The molecule has 1 atom stereocenters. The lowest BCUT2D eigenvalue weighted by atomic mass is 10.00. The third kappa shape index (κ3) is 7.19. The minimum Gasteiger partial charge on any atom is -0.354 e. The van der Waals surface area contributed by atoms with Gasteiger partial charge in [-0.3, -0.25) is 9.59 Å². The maximum Gasteiger partial charge on any atom is 0.243 e. The highest BCUT2D eigenvalue weighted by Gasteiger charge is 2.30. The molecule has 0 fully saturated rings. The number of halogens is 1. The van der Waals surface area contributed by atoms with Crippen LogP contribution >= 0.6 is 11.6 Å². The zero-order valence-electron chi connectivity index (χ0n) is 20.2. The summed E-state index contributed by atoms with van der Waals surface area (Å²) in [5.41, 5.74) is 4.99. The number of carbonyl (C=O) groups is 2. The van der Waals surface area contributed by atoms with E-state index >= 15 is 0 Å². The molecular formula is C29H33ClN2O2. The van der Waals surface area contributed by atoms with Gasteiger partial charge in [-0.1, -0.05) is 96.4 Å². The van der Waals surface area contributed by atoms with E-state index < -0.39 is 6.04 Å². The third-order valence-electron chi connectivity index (χ3n) is 5.76. The Labute approximate surface area is 207 Å². The lowest BCUT2D eigenvalue weighted by Crippen LogP contribution is -2.51. The number of aryl methyl sites for hydroxylation is 2. The fourth-order valence-corrected chi connectivity index (χ4v) is 4.37. The Kier molecular flexibility index (Phi) is 9.29. The van der Waals surface area contributed by atoms with Gasteiger partial charge in [0.05, 0.1) is 6.42 Å². The van der Waals surface area contributed by atoms with Crippen molar-refractivity contribution >= 4 is 23.4 Å². The van der Waals surface area contributed by atoms with Crippen molar-refractivity contribution in [3.05, 3.63) is 106 Å². The highest BCUT2D eigenvalue weighted by atomic mass is 35.5. The molecule has 3 aromatic rings. The number of nitrogens with one attached hydrogen (secondary N) is 1. The van der Waals surface area contributed by atoms with Crippen molar-refractivity contribution in [2.75, 3.05) is 6.54 Å². The van der Waals surface area contributed by atoms with E-state index in [0.29, 0.717) is 18.0 Å². The molecule has 0 heterocycles. The molecule has 4 nitrogen and oxygen atoms in total. The lowest BCUT2D eigenvalue weighted by molar-refractivity contribution is -0.140. The summed E-state index contributed by atoms with van der Waals surface area (Å²) in [5, 5.41) is 3.59. The summed E-state index contributed by atoms with van der Waals surface area (Å²) in [6.07, 6.45) is 1.48. The Morgan fingerprint density at radius 2 is 1.56 bits per heavy atom. The monoisotopic (exact) mass is 476 g/mol. The minimum atomic E-state index is -0.649. The first-order valence-corrected chi connectivity index (χ1v) is 12.2. The summed E-state index contributed by atoms with van der Waals surface area (Å²) < 4.78 is 0. The first kappa shape index (κ1) is 25.5. The number of hydrogen-bond donors (Lipinski definition) is 1. The number of carbonyl (C=O) groups excluding carboxylic acids is 2. The van der Waals surface area contributed by atoms with Crippen molar-refractivity contribution in [3.8, 4) is 0 Å². The van der Waals surface area contributed by atoms with Gasteiger partial charge in [0.1, 0.15) is 6.04 Å². The SMILES string of the molecule is CCCNC(=O)C(Cc1ccccc1)N(Cc1ccccc1Cl)C(=O)Cc1cc(C)cc(C)c1. The standard InChI is InChI=1S/C29H33ClN2O2/c1-4-14-31-29(34)27(18-23-10-6-5-7-11-23)32(20-25-12-8-9-13-26(25)30)28(33)19-24-16-21(2)15-22(3)17-24/h5-13,15-17,27H,4,14,18-20H2,1-3H3,(H,31,34). The van der Waals surface area contributed by atoms with Crippen LogP contribution < -0.4 is 5.32 Å². The van der Waals surface area contributed by atoms with Crippen molar-refractivity contribution in [3.63, 3.8) is 0 Å². The molecule has 2 amide bonds. The molecule has 0 aliphatic carbocycles. The third-order valence-corrected chi connectivity index (χ3v) is 6.12. The average molecular weight is 477 g/mol. The predicted octanol–water partition coefficient (Wildman–Crippen LogP) is 5.67. The molecule has 34 heavy (non-hydrogen) atoms. The minimum absolute atomic E-state index is 0.0995. The number of hydrogen-bond acceptors (Lipinski definition) is 2. The van der Waals surface area contributed by atoms with Crippen LogP contribution in [0.15, 0.2) is 72.8 Å². The predicted molar refractivity (Wildman–Crippen MR) is 139 cm³/mol. The molecule has 3 rings (SSSR count). The van der Waals surface area contributed by atoms with Crippen LogP contribution in [0.3, 0.4) is 0 Å². The van der Waals surface area contributed by atoms with Crippen molar-refractivity contribution in [2.24, 2.45) is 0 Å². The summed E-state index contributed by atoms with van der Waals surface area (Å²) in [7, 11) is 0. The number of nitrogens with zero attached hydrogens (tertiary/aromatic N) is 1. The van der Waals surface area contributed by atoms with E-state index in [1.807, 2.05) is 87.5 Å². The highest BCUT2D eigenvalue weighted by molar-refractivity contribution is 6.31. The zero-order chi connectivity index (χ0) is 24.5. The van der Waals surface area contributed by atoms with Gasteiger partial charge in [-0.05, 0) is 43.0 Å². The van der Waals surface area contributed by atoms with Gasteiger partial charge in [0.2, 0.25) is 11.8 Å². The van der Waals surface area contributed by atoms with Crippen LogP contribution in [0, 0.1) is 13.8 Å². The summed E-state index contributed by atoms with van der Waals surface area (Å²) >= 11 is 6.46. The van der Waals surface area contributed by atoms with Crippen LogP contribution in [0.2, 0.25) is 5.02 Å². The second-order valence-corrected chi connectivity index (χ2v) is 9.19. The fourth-order valence-electron chi connectivity index (χ4n) is 4.18. The lowest BCUT2D eigenvalue weighted by Gasteiger charge is -2.32. The van der Waals surface area contributed by atoms with Gasteiger partial charge < -0.3 is 10.2 Å². The second kappa shape index (κ2) is 12.4. The summed E-state index contributed by atoms with van der Waals surface area (Å²) in [6.45, 7) is 6.90. The van der Waals surface area contributed by atoms with E-state index in [1.165, 1.54) is 0 Å². The molecule has 0 saturated carbocycles. The van der Waals surface area contributed by atoms with Crippen molar-refractivity contribution in [1.29, 1.82) is 0 Å². The van der Waals surface area contributed by atoms with Crippen LogP contribution in [-0.4, -0.2) is 29.3 Å². The number of benzene rings is 3. The average Bonchev–Trinajstić information content (AvgIpc) is 2.80. The topological polar surface area (TPSA) is 49.4 Å². The molecule has 0 bridgehead atoms. The van der Waals surface area contributed by atoms with Gasteiger partial charge in [0.25, 0.3) is 0 Å². The first-order chi connectivity index (χ1) is 16.4. The van der Waals surface area contributed by atoms with Gasteiger partial charge in [0, 0.05) is 24.5 Å². The molecular weight excluding hydrogens is 444 g/mol. The summed E-state index contributed by atoms with van der Waals surface area (Å²) in [5.74, 6) is -0.246. The zero-order valence-corrected chi connectivity index (χ0v) is 20.9. The second-order valence-electron chi connectivity index (χ2n) is 8.78.